The van der Waals surface area contributed by atoms with Crippen LogP contribution < -0.4 is 19.3 Å². The highest BCUT2D eigenvalue weighted by Crippen LogP contribution is 2.40. The molecule has 0 radical (unpaired) electrons. The highest BCUT2D eigenvalue weighted by atomic mass is 16.5. The molecule has 0 aromatic heterocycles. The maximum Gasteiger partial charge on any atom is 0.127 e. The zero-order valence-electron chi connectivity index (χ0n) is 26.0. The van der Waals surface area contributed by atoms with E-state index < -0.39 is 0 Å². The van der Waals surface area contributed by atoms with Crippen LogP contribution in [0.3, 0.4) is 0 Å². The summed E-state index contributed by atoms with van der Waals surface area (Å²) in [7, 11) is 1.69. The number of hydrogen-bond donors (Lipinski definition) is 0. The molecule has 0 N–H and O–H groups in total. The number of nitrogens with zero attached hydrogens (tertiary/aromatic N) is 2. The van der Waals surface area contributed by atoms with Gasteiger partial charge in [-0.1, -0.05) is 62.4 Å². The molecule has 0 saturated heterocycles. The highest BCUT2D eigenvalue weighted by Gasteiger charge is 2.16. The van der Waals surface area contributed by atoms with Gasteiger partial charge < -0.3 is 19.3 Å². The molecule has 0 aliphatic rings. The Hall–Kier alpha value is -5.48. The van der Waals surface area contributed by atoms with E-state index in [0.29, 0.717) is 5.92 Å². The van der Waals surface area contributed by atoms with Gasteiger partial charge in [0.1, 0.15) is 17.2 Å². The third kappa shape index (κ3) is 6.86. The van der Waals surface area contributed by atoms with Crippen molar-refractivity contribution >= 4 is 34.1 Å². The molecule has 0 spiro atoms. The van der Waals surface area contributed by atoms with Crippen molar-refractivity contribution in [3.8, 4) is 17.2 Å². The van der Waals surface area contributed by atoms with Crippen LogP contribution in [0.4, 0.5) is 34.1 Å². The first kappa shape index (κ1) is 29.6. The van der Waals surface area contributed by atoms with Crippen LogP contribution in [0.15, 0.2) is 158 Å². The van der Waals surface area contributed by atoms with Crippen LogP contribution in [-0.4, -0.2) is 7.11 Å². The Kier molecular flexibility index (Phi) is 9.12. The molecule has 0 saturated carbocycles. The van der Waals surface area contributed by atoms with E-state index in [0.717, 1.165) is 57.8 Å². The molecular weight excluding hydrogens is 552 g/mol. The fourth-order valence-electron chi connectivity index (χ4n) is 5.43. The Balaban J connectivity index is 1.29. The van der Waals surface area contributed by atoms with Crippen molar-refractivity contribution in [1.29, 1.82) is 0 Å². The van der Waals surface area contributed by atoms with Gasteiger partial charge in [0, 0.05) is 34.1 Å². The smallest absolute Gasteiger partial charge is 0.127 e. The van der Waals surface area contributed by atoms with Gasteiger partial charge in [-0.05, 0) is 127 Å². The van der Waals surface area contributed by atoms with Crippen LogP contribution in [0.2, 0.25) is 0 Å². The predicted molar refractivity (Wildman–Crippen MR) is 188 cm³/mol. The molecule has 0 aliphatic heterocycles. The molecular formula is C41H38N2O2. The number of rotatable bonds is 11. The van der Waals surface area contributed by atoms with E-state index in [9.17, 15) is 0 Å². The zero-order valence-corrected chi connectivity index (χ0v) is 26.0. The minimum atomic E-state index is 0.542. The monoisotopic (exact) mass is 590 g/mol. The maximum absolute atomic E-state index is 6.20. The van der Waals surface area contributed by atoms with Gasteiger partial charge in [-0.25, -0.2) is 0 Å². The second kappa shape index (κ2) is 13.9. The van der Waals surface area contributed by atoms with Crippen LogP contribution in [0.25, 0.3) is 0 Å². The maximum atomic E-state index is 6.20. The molecule has 224 valence electrons. The topological polar surface area (TPSA) is 24.9 Å². The SMILES string of the molecule is CCC(C)c1ccc(Oc2ccc(N(c3ccccc3)c3ccc(N(c4ccccc4)c4ccc(OC)cc4)cc3)cc2)cc1. The van der Waals surface area contributed by atoms with Crippen LogP contribution in [0, 0.1) is 0 Å². The first-order valence-corrected chi connectivity index (χ1v) is 15.5. The van der Waals surface area contributed by atoms with E-state index in [-0.39, 0.29) is 0 Å². The lowest BCUT2D eigenvalue weighted by Gasteiger charge is -2.28. The van der Waals surface area contributed by atoms with Gasteiger partial charge in [0.25, 0.3) is 0 Å². The lowest BCUT2D eigenvalue weighted by atomic mass is 9.99. The summed E-state index contributed by atoms with van der Waals surface area (Å²) in [5.41, 5.74) is 7.71. The van der Waals surface area contributed by atoms with E-state index in [1.807, 2.05) is 36.4 Å². The Bertz CT molecular complexity index is 1770. The molecule has 1 atom stereocenters. The summed E-state index contributed by atoms with van der Waals surface area (Å²) in [5.74, 6) is 3.01. The fourth-order valence-corrected chi connectivity index (χ4v) is 5.43. The Morgan fingerprint density at radius 1 is 0.444 bits per heavy atom. The van der Waals surface area contributed by atoms with Crippen LogP contribution >= 0.6 is 0 Å². The van der Waals surface area contributed by atoms with Gasteiger partial charge in [0.2, 0.25) is 0 Å². The van der Waals surface area contributed by atoms with Crippen molar-refractivity contribution in [1.82, 2.24) is 0 Å². The Labute approximate surface area is 266 Å². The molecule has 1 unspecified atom stereocenters. The van der Waals surface area contributed by atoms with E-state index in [4.69, 9.17) is 9.47 Å². The molecule has 4 heteroatoms. The summed E-state index contributed by atoms with van der Waals surface area (Å²) in [6, 6.07) is 54.4. The first-order valence-electron chi connectivity index (χ1n) is 15.5. The minimum Gasteiger partial charge on any atom is -0.497 e. The van der Waals surface area contributed by atoms with Gasteiger partial charge in [-0.15, -0.1) is 0 Å². The molecule has 6 aromatic carbocycles. The number of benzene rings is 6. The number of methoxy groups -OCH3 is 1. The van der Waals surface area contributed by atoms with Crippen molar-refractivity contribution in [2.75, 3.05) is 16.9 Å². The van der Waals surface area contributed by atoms with Gasteiger partial charge in [-0.3, -0.25) is 0 Å². The van der Waals surface area contributed by atoms with Crippen molar-refractivity contribution in [2.45, 2.75) is 26.2 Å². The third-order valence-corrected chi connectivity index (χ3v) is 8.12. The average Bonchev–Trinajstić information content (AvgIpc) is 3.11. The Morgan fingerprint density at radius 2 is 0.778 bits per heavy atom. The van der Waals surface area contributed by atoms with Gasteiger partial charge in [-0.2, -0.15) is 0 Å². The normalized spacial score (nSPS) is 11.4. The molecule has 6 rings (SSSR count). The second-order valence-corrected chi connectivity index (χ2v) is 11.0. The summed E-state index contributed by atoms with van der Waals surface area (Å²) in [4.78, 5) is 4.51. The Morgan fingerprint density at radius 3 is 1.16 bits per heavy atom. The quantitative estimate of drug-likeness (QED) is 0.150. The zero-order chi connectivity index (χ0) is 31.0. The number of para-hydroxylation sites is 2. The molecule has 0 heterocycles. The molecule has 0 aliphatic carbocycles. The largest absolute Gasteiger partial charge is 0.497 e. The van der Waals surface area contributed by atoms with Crippen LogP contribution in [-0.2, 0) is 0 Å². The lowest BCUT2D eigenvalue weighted by molar-refractivity contribution is 0.415. The van der Waals surface area contributed by atoms with Crippen molar-refractivity contribution in [2.24, 2.45) is 0 Å². The number of anilines is 6. The van der Waals surface area contributed by atoms with E-state index >= 15 is 0 Å². The van der Waals surface area contributed by atoms with E-state index in [2.05, 4.69) is 145 Å². The van der Waals surface area contributed by atoms with Crippen molar-refractivity contribution in [3.05, 3.63) is 163 Å². The van der Waals surface area contributed by atoms with Gasteiger partial charge in [0.05, 0.1) is 7.11 Å². The number of ether oxygens (including phenoxy) is 2. The third-order valence-electron chi connectivity index (χ3n) is 8.12. The molecule has 0 amide bonds. The molecule has 0 bridgehead atoms. The summed E-state index contributed by atoms with van der Waals surface area (Å²) in [5, 5.41) is 0. The van der Waals surface area contributed by atoms with Gasteiger partial charge in [0.15, 0.2) is 0 Å². The highest BCUT2D eigenvalue weighted by molar-refractivity contribution is 5.81. The van der Waals surface area contributed by atoms with Crippen LogP contribution in [0.5, 0.6) is 17.2 Å². The van der Waals surface area contributed by atoms with Crippen molar-refractivity contribution < 1.29 is 9.47 Å². The van der Waals surface area contributed by atoms with E-state index in [1.165, 1.54) is 5.56 Å². The van der Waals surface area contributed by atoms with Crippen molar-refractivity contribution in [3.63, 3.8) is 0 Å². The summed E-state index contributed by atoms with van der Waals surface area (Å²) in [6.07, 6.45) is 1.12. The van der Waals surface area contributed by atoms with Crippen LogP contribution in [0.1, 0.15) is 31.7 Å². The molecule has 0 fully saturated rings. The standard InChI is InChI=1S/C41H38N2O2/c1-4-31(2)32-15-25-40(26-16-32)45-41-29-23-38(24-30-41)43(34-13-9-6-10-14-34)36-19-17-35(18-20-36)42(33-11-7-5-8-12-33)37-21-27-39(44-3)28-22-37/h5-31H,4H2,1-3H3. The first-order chi connectivity index (χ1) is 22.1. The van der Waals surface area contributed by atoms with E-state index in [1.54, 1.807) is 7.11 Å². The van der Waals surface area contributed by atoms with Gasteiger partial charge >= 0.3 is 0 Å². The molecule has 4 nitrogen and oxygen atoms in total. The predicted octanol–water partition coefficient (Wildman–Crippen LogP) is 11.9. The summed E-state index contributed by atoms with van der Waals surface area (Å²) in [6.45, 7) is 4.46. The summed E-state index contributed by atoms with van der Waals surface area (Å²) >= 11 is 0. The molecule has 6 aromatic rings. The molecule has 45 heavy (non-hydrogen) atoms. The second-order valence-electron chi connectivity index (χ2n) is 11.0. The average molecular weight is 591 g/mol. The lowest BCUT2D eigenvalue weighted by Crippen LogP contribution is -2.12. The fraction of sp³-hybridized carbons (Fsp3) is 0.122. The summed E-state index contributed by atoms with van der Waals surface area (Å²) < 4.78 is 11.6. The minimum absolute atomic E-state index is 0.542. The number of hydrogen-bond acceptors (Lipinski definition) is 4.